The molecular formula is C30H35FN4O3. The number of ether oxygens (including phenoxy) is 1. The third-order valence-electron chi connectivity index (χ3n) is 7.27. The average Bonchev–Trinajstić information content (AvgIpc) is 3.70. The Morgan fingerprint density at radius 1 is 0.947 bits per heavy atom. The number of hydrogen-bond donors (Lipinski definition) is 0. The Morgan fingerprint density at radius 3 is 2.42 bits per heavy atom. The number of rotatable bonds is 11. The highest BCUT2D eigenvalue weighted by Gasteiger charge is 2.34. The molecule has 1 aromatic heterocycles. The van der Waals surface area contributed by atoms with Gasteiger partial charge in [0.1, 0.15) is 12.4 Å². The van der Waals surface area contributed by atoms with Crippen LogP contribution in [-0.4, -0.2) is 83.1 Å². The molecule has 0 atom stereocenters. The van der Waals surface area contributed by atoms with Crippen LogP contribution in [0.3, 0.4) is 0 Å². The van der Waals surface area contributed by atoms with Crippen molar-refractivity contribution in [3.05, 3.63) is 95.6 Å². The number of amides is 2. The molecule has 8 heteroatoms. The van der Waals surface area contributed by atoms with E-state index in [0.29, 0.717) is 32.8 Å². The fourth-order valence-electron chi connectivity index (χ4n) is 4.91. The van der Waals surface area contributed by atoms with Gasteiger partial charge < -0.3 is 19.1 Å². The zero-order valence-corrected chi connectivity index (χ0v) is 21.7. The molecule has 200 valence electrons. The van der Waals surface area contributed by atoms with E-state index in [9.17, 15) is 14.0 Å². The number of hydrogen-bond acceptors (Lipinski definition) is 4. The van der Waals surface area contributed by atoms with Crippen LogP contribution in [0.15, 0.2) is 72.9 Å². The van der Waals surface area contributed by atoms with Gasteiger partial charge in [-0.1, -0.05) is 42.5 Å². The molecule has 2 heterocycles. The largest absolute Gasteiger partial charge is 0.379 e. The second kappa shape index (κ2) is 12.4. The molecule has 2 fully saturated rings. The lowest BCUT2D eigenvalue weighted by Gasteiger charge is -2.31. The van der Waals surface area contributed by atoms with Gasteiger partial charge in [0, 0.05) is 50.7 Å². The number of benzene rings is 2. The number of carbonyl (C=O) groups excluding carboxylic acids is 2. The molecule has 0 radical (unpaired) electrons. The van der Waals surface area contributed by atoms with E-state index < -0.39 is 11.7 Å². The van der Waals surface area contributed by atoms with Crippen LogP contribution in [0.25, 0.3) is 0 Å². The quantitative estimate of drug-likeness (QED) is 0.389. The number of nitrogens with zero attached hydrogens (tertiary/aromatic N) is 4. The monoisotopic (exact) mass is 518 g/mol. The predicted molar refractivity (Wildman–Crippen MR) is 143 cm³/mol. The van der Waals surface area contributed by atoms with Gasteiger partial charge in [-0.05, 0) is 42.7 Å². The summed E-state index contributed by atoms with van der Waals surface area (Å²) in [6.45, 7) is 4.96. The third-order valence-corrected chi connectivity index (χ3v) is 7.27. The molecule has 3 aromatic rings. The molecule has 7 nitrogen and oxygen atoms in total. The summed E-state index contributed by atoms with van der Waals surface area (Å²) in [4.78, 5) is 32.7. The van der Waals surface area contributed by atoms with Crippen LogP contribution in [0.2, 0.25) is 0 Å². The molecule has 2 aromatic carbocycles. The van der Waals surface area contributed by atoms with Crippen LogP contribution in [0, 0.1) is 5.82 Å². The molecule has 0 unspecified atom stereocenters. The molecule has 1 aliphatic heterocycles. The van der Waals surface area contributed by atoms with Gasteiger partial charge in [-0.2, -0.15) is 0 Å². The summed E-state index contributed by atoms with van der Waals surface area (Å²) in [7, 11) is 0. The zero-order valence-electron chi connectivity index (χ0n) is 21.7. The Labute approximate surface area is 223 Å². The number of halogens is 1. The minimum Gasteiger partial charge on any atom is -0.379 e. The van der Waals surface area contributed by atoms with Crippen molar-refractivity contribution in [3.8, 4) is 0 Å². The van der Waals surface area contributed by atoms with Crippen molar-refractivity contribution < 1.29 is 18.7 Å². The summed E-state index contributed by atoms with van der Waals surface area (Å²) in [5.41, 5.74) is 2.24. The van der Waals surface area contributed by atoms with E-state index in [4.69, 9.17) is 4.74 Å². The zero-order chi connectivity index (χ0) is 26.3. The molecule has 1 saturated heterocycles. The van der Waals surface area contributed by atoms with Gasteiger partial charge in [0.25, 0.3) is 5.91 Å². The fraction of sp³-hybridized carbons (Fsp3) is 0.400. The lowest BCUT2D eigenvalue weighted by molar-refractivity contribution is -0.133. The van der Waals surface area contributed by atoms with Gasteiger partial charge in [0.05, 0.1) is 25.3 Å². The van der Waals surface area contributed by atoms with Crippen LogP contribution in [-0.2, 0) is 22.6 Å². The highest BCUT2D eigenvalue weighted by Crippen LogP contribution is 2.29. The summed E-state index contributed by atoms with van der Waals surface area (Å²) in [6, 6.07) is 20.4. The Kier molecular flexibility index (Phi) is 8.51. The summed E-state index contributed by atoms with van der Waals surface area (Å²) >= 11 is 0. The van der Waals surface area contributed by atoms with Crippen molar-refractivity contribution in [2.45, 2.75) is 32.0 Å². The Hall–Kier alpha value is -3.49. The van der Waals surface area contributed by atoms with Crippen LogP contribution in [0.4, 0.5) is 4.39 Å². The smallest absolute Gasteiger partial charge is 0.257 e. The van der Waals surface area contributed by atoms with Crippen molar-refractivity contribution >= 4 is 11.8 Å². The molecule has 0 N–H and O–H groups in total. The first-order valence-corrected chi connectivity index (χ1v) is 13.4. The summed E-state index contributed by atoms with van der Waals surface area (Å²) in [5, 5.41) is 0. The Morgan fingerprint density at radius 2 is 1.68 bits per heavy atom. The van der Waals surface area contributed by atoms with E-state index in [1.807, 2.05) is 41.4 Å². The van der Waals surface area contributed by atoms with Gasteiger partial charge in [0.2, 0.25) is 5.91 Å². The van der Waals surface area contributed by atoms with E-state index in [1.165, 1.54) is 22.6 Å². The van der Waals surface area contributed by atoms with Crippen LogP contribution >= 0.6 is 0 Å². The van der Waals surface area contributed by atoms with Crippen molar-refractivity contribution in [2.24, 2.45) is 0 Å². The van der Waals surface area contributed by atoms with E-state index in [0.717, 1.165) is 38.2 Å². The maximum Gasteiger partial charge on any atom is 0.257 e. The molecule has 0 bridgehead atoms. The fourth-order valence-corrected chi connectivity index (χ4v) is 4.91. The van der Waals surface area contributed by atoms with Crippen molar-refractivity contribution in [2.75, 3.05) is 45.9 Å². The topological polar surface area (TPSA) is 58.0 Å². The summed E-state index contributed by atoms with van der Waals surface area (Å²) in [6.07, 6.45) is 3.95. The Balaban J connectivity index is 1.30. The van der Waals surface area contributed by atoms with Crippen LogP contribution in [0.1, 0.15) is 34.5 Å². The second-order valence-electron chi connectivity index (χ2n) is 10.0. The summed E-state index contributed by atoms with van der Waals surface area (Å²) < 4.78 is 22.1. The molecule has 5 rings (SSSR count). The van der Waals surface area contributed by atoms with Crippen molar-refractivity contribution in [1.29, 1.82) is 0 Å². The average molecular weight is 519 g/mol. The highest BCUT2D eigenvalue weighted by atomic mass is 19.1. The van der Waals surface area contributed by atoms with E-state index in [2.05, 4.69) is 21.6 Å². The minimum absolute atomic E-state index is 0.00279. The second-order valence-corrected chi connectivity index (χ2v) is 10.0. The van der Waals surface area contributed by atoms with Gasteiger partial charge in [0.15, 0.2) is 0 Å². The third kappa shape index (κ3) is 6.68. The molecule has 0 spiro atoms. The maximum atomic E-state index is 14.5. The van der Waals surface area contributed by atoms with E-state index in [1.54, 1.807) is 12.1 Å². The lowest BCUT2D eigenvalue weighted by atomic mass is 10.1. The number of aromatic nitrogens is 1. The maximum absolute atomic E-state index is 14.5. The number of morpholine rings is 1. The Bertz CT molecular complexity index is 1220. The van der Waals surface area contributed by atoms with Crippen LogP contribution < -0.4 is 0 Å². The van der Waals surface area contributed by atoms with Crippen LogP contribution in [0.5, 0.6) is 0 Å². The van der Waals surface area contributed by atoms with Crippen molar-refractivity contribution in [1.82, 2.24) is 19.3 Å². The van der Waals surface area contributed by atoms with Crippen molar-refractivity contribution in [3.63, 3.8) is 0 Å². The molecular weight excluding hydrogens is 483 g/mol. The molecule has 2 amide bonds. The van der Waals surface area contributed by atoms with Gasteiger partial charge in [-0.25, -0.2) is 4.39 Å². The molecule has 1 aliphatic carbocycles. The van der Waals surface area contributed by atoms with E-state index in [-0.39, 0.29) is 24.1 Å². The molecule has 2 aliphatic rings. The first-order chi connectivity index (χ1) is 18.6. The summed E-state index contributed by atoms with van der Waals surface area (Å²) in [5.74, 6) is -1.13. The minimum atomic E-state index is -0.570. The van der Waals surface area contributed by atoms with E-state index >= 15 is 0 Å². The van der Waals surface area contributed by atoms with Gasteiger partial charge in [-0.3, -0.25) is 14.5 Å². The lowest BCUT2D eigenvalue weighted by Crippen LogP contribution is -2.47. The first-order valence-electron chi connectivity index (χ1n) is 13.4. The molecule has 1 saturated carbocycles. The van der Waals surface area contributed by atoms with Gasteiger partial charge >= 0.3 is 0 Å². The normalized spacial score (nSPS) is 15.8. The predicted octanol–water partition coefficient (Wildman–Crippen LogP) is 3.64. The SMILES string of the molecule is O=C(c1ccccc1F)N(CCN1CCOCC1)CC(=O)N(Cc1cccn1Cc1ccccc1)C1CC1. The molecule has 38 heavy (non-hydrogen) atoms. The number of carbonyl (C=O) groups is 2. The van der Waals surface area contributed by atoms with Gasteiger partial charge in [-0.15, -0.1) is 0 Å². The standard InChI is InChI=1S/C30H35FN4O3/c31-28-11-5-4-10-27(28)30(37)34(16-15-32-17-19-38-20-18-32)23-29(36)35(25-12-13-25)22-26-9-6-14-33(26)21-24-7-2-1-3-8-24/h1-11,14,25H,12-13,15-23H2. The highest BCUT2D eigenvalue weighted by molar-refractivity contribution is 5.96. The first kappa shape index (κ1) is 26.1.